The van der Waals surface area contributed by atoms with Gasteiger partial charge in [0.25, 0.3) is 0 Å². The first-order valence-electron chi connectivity index (χ1n) is 13.5. The molecule has 40 heavy (non-hydrogen) atoms. The maximum absolute atomic E-state index is 13.0. The zero-order valence-corrected chi connectivity index (χ0v) is 22.1. The second-order valence-corrected chi connectivity index (χ2v) is 9.85. The third-order valence-electron chi connectivity index (χ3n) is 6.99. The van der Waals surface area contributed by atoms with Crippen LogP contribution in [0.3, 0.4) is 0 Å². The van der Waals surface area contributed by atoms with E-state index in [0.717, 1.165) is 61.7 Å². The Morgan fingerprint density at radius 3 is 1.98 bits per heavy atom. The molecule has 8 heteroatoms. The molecule has 2 heterocycles. The van der Waals surface area contributed by atoms with Crippen LogP contribution in [0.2, 0.25) is 0 Å². The normalized spacial score (nSPS) is 11.8. The summed E-state index contributed by atoms with van der Waals surface area (Å²) in [5, 5.41) is 3.42. The monoisotopic (exact) mass is 543 g/mol. The minimum Gasteiger partial charge on any atom is -0.346 e. The molecule has 0 saturated heterocycles. The van der Waals surface area contributed by atoms with E-state index in [1.807, 2.05) is 18.3 Å². The van der Waals surface area contributed by atoms with Crippen LogP contribution in [0.5, 0.6) is 0 Å². The van der Waals surface area contributed by atoms with Gasteiger partial charge in [-0.1, -0.05) is 72.8 Å². The van der Waals surface area contributed by atoms with Gasteiger partial charge in [0, 0.05) is 67.6 Å². The molecule has 5 rings (SSSR count). The second kappa shape index (κ2) is 12.8. The molecule has 5 nitrogen and oxygen atoms in total. The van der Waals surface area contributed by atoms with Crippen molar-refractivity contribution in [3.63, 3.8) is 0 Å². The molecule has 3 N–H and O–H groups in total. The smallest absolute Gasteiger partial charge is 0.346 e. The third-order valence-corrected chi connectivity index (χ3v) is 6.99. The summed E-state index contributed by atoms with van der Waals surface area (Å²) in [5.74, 6) is 1.74. The van der Waals surface area contributed by atoms with Gasteiger partial charge >= 0.3 is 6.18 Å². The molecule has 0 aliphatic heterocycles. The zero-order chi connectivity index (χ0) is 27.8. The van der Waals surface area contributed by atoms with E-state index in [2.05, 4.69) is 73.8 Å². The van der Waals surface area contributed by atoms with Crippen molar-refractivity contribution in [1.29, 1.82) is 0 Å². The number of aromatic amines is 2. The number of aromatic nitrogens is 4. The molecule has 206 valence electrons. The number of hydrogen-bond donors (Lipinski definition) is 3. The summed E-state index contributed by atoms with van der Waals surface area (Å²) >= 11 is 0. The Balaban J connectivity index is 1.07. The lowest BCUT2D eigenvalue weighted by Crippen LogP contribution is -2.20. The van der Waals surface area contributed by atoms with Crippen LogP contribution in [-0.2, 0) is 25.4 Å². The van der Waals surface area contributed by atoms with E-state index in [-0.39, 0.29) is 0 Å². The van der Waals surface area contributed by atoms with Gasteiger partial charge in [-0.25, -0.2) is 9.97 Å². The summed E-state index contributed by atoms with van der Waals surface area (Å²) in [4.78, 5) is 15.5. The van der Waals surface area contributed by atoms with Crippen LogP contribution in [-0.4, -0.2) is 33.0 Å². The van der Waals surface area contributed by atoms with Crippen LogP contribution in [0.4, 0.5) is 13.2 Å². The van der Waals surface area contributed by atoms with E-state index in [0.29, 0.717) is 23.7 Å². The van der Waals surface area contributed by atoms with Crippen LogP contribution in [0.25, 0.3) is 11.4 Å². The van der Waals surface area contributed by atoms with Gasteiger partial charge in [0.05, 0.1) is 5.56 Å². The van der Waals surface area contributed by atoms with E-state index in [9.17, 15) is 13.2 Å². The number of hydrogen-bond acceptors (Lipinski definition) is 3. The van der Waals surface area contributed by atoms with Crippen LogP contribution in [0.1, 0.15) is 46.2 Å². The molecule has 5 aromatic rings. The minimum absolute atomic E-state index is 0.314. The molecular formula is C32H32F3N5. The Kier molecular flexibility index (Phi) is 8.76. The Morgan fingerprint density at radius 2 is 1.32 bits per heavy atom. The molecule has 0 fully saturated rings. The zero-order valence-electron chi connectivity index (χ0n) is 22.1. The average Bonchev–Trinajstić information content (AvgIpc) is 3.64. The lowest BCUT2D eigenvalue weighted by atomic mass is 9.87. The summed E-state index contributed by atoms with van der Waals surface area (Å²) in [6.07, 6.45) is 2.55. The summed E-state index contributed by atoms with van der Waals surface area (Å²) in [5.41, 5.74) is 4.32. The standard InChI is InChI=1S/C32H32F3N5/c33-32(34,35)26-13-7-12-25(20-26)31-38-22-28(40-31)17-19-36-18-16-27-21-37-30(39-27)15-14-29(23-8-3-1-4-9-23)24-10-5-2-6-11-24/h1-13,20-22,29,36H,14-19H2,(H,37,39)(H,38,40). The number of nitrogens with zero attached hydrogens (tertiary/aromatic N) is 2. The number of benzene rings is 3. The van der Waals surface area contributed by atoms with Crippen LogP contribution < -0.4 is 5.32 Å². The molecular weight excluding hydrogens is 511 g/mol. The quantitative estimate of drug-likeness (QED) is 0.149. The number of aryl methyl sites for hydroxylation is 1. The summed E-state index contributed by atoms with van der Waals surface area (Å²) < 4.78 is 39.0. The van der Waals surface area contributed by atoms with Gasteiger partial charge in [-0.3, -0.25) is 0 Å². The highest BCUT2D eigenvalue weighted by molar-refractivity contribution is 5.56. The van der Waals surface area contributed by atoms with E-state index in [1.165, 1.54) is 17.2 Å². The topological polar surface area (TPSA) is 69.4 Å². The number of alkyl halides is 3. The number of H-pyrrole nitrogens is 2. The van der Waals surface area contributed by atoms with E-state index >= 15 is 0 Å². The predicted molar refractivity (Wildman–Crippen MR) is 151 cm³/mol. The third kappa shape index (κ3) is 7.27. The second-order valence-electron chi connectivity index (χ2n) is 9.85. The van der Waals surface area contributed by atoms with Gasteiger partial charge < -0.3 is 15.3 Å². The molecule has 0 unspecified atom stereocenters. The first-order chi connectivity index (χ1) is 19.5. The van der Waals surface area contributed by atoms with Crippen molar-refractivity contribution in [2.45, 2.75) is 37.8 Å². The van der Waals surface area contributed by atoms with E-state index in [4.69, 9.17) is 0 Å². The molecule has 0 amide bonds. The minimum atomic E-state index is -4.38. The molecule has 0 aliphatic carbocycles. The Hall–Kier alpha value is -4.17. The fraction of sp³-hybridized carbons (Fsp3) is 0.250. The molecule has 0 radical (unpaired) electrons. The van der Waals surface area contributed by atoms with Gasteiger partial charge in [0.15, 0.2) is 0 Å². The maximum Gasteiger partial charge on any atom is 0.416 e. The van der Waals surface area contributed by atoms with Gasteiger partial charge in [-0.05, 0) is 29.7 Å². The van der Waals surface area contributed by atoms with Crippen molar-refractivity contribution in [2.24, 2.45) is 0 Å². The van der Waals surface area contributed by atoms with E-state index < -0.39 is 11.7 Å². The van der Waals surface area contributed by atoms with Crippen LogP contribution in [0.15, 0.2) is 97.3 Å². The summed E-state index contributed by atoms with van der Waals surface area (Å²) in [6.45, 7) is 1.51. The van der Waals surface area contributed by atoms with Crippen LogP contribution >= 0.6 is 0 Å². The van der Waals surface area contributed by atoms with Gasteiger partial charge in [0.2, 0.25) is 0 Å². The fourth-order valence-corrected chi connectivity index (χ4v) is 4.88. The number of halogens is 3. The van der Waals surface area contributed by atoms with Crippen molar-refractivity contribution >= 4 is 0 Å². The fourth-order valence-electron chi connectivity index (χ4n) is 4.88. The van der Waals surface area contributed by atoms with Crippen molar-refractivity contribution < 1.29 is 13.2 Å². The van der Waals surface area contributed by atoms with Crippen molar-refractivity contribution in [3.8, 4) is 11.4 Å². The van der Waals surface area contributed by atoms with E-state index in [1.54, 1.807) is 12.3 Å². The summed E-state index contributed by atoms with van der Waals surface area (Å²) in [7, 11) is 0. The average molecular weight is 544 g/mol. The number of imidazole rings is 2. The Labute approximate surface area is 231 Å². The highest BCUT2D eigenvalue weighted by atomic mass is 19.4. The van der Waals surface area contributed by atoms with Crippen molar-refractivity contribution in [1.82, 2.24) is 25.3 Å². The Bertz CT molecular complexity index is 1440. The predicted octanol–water partition coefficient (Wildman–Crippen LogP) is 6.96. The van der Waals surface area contributed by atoms with Crippen molar-refractivity contribution in [2.75, 3.05) is 13.1 Å². The van der Waals surface area contributed by atoms with Gasteiger partial charge in [-0.15, -0.1) is 0 Å². The first kappa shape index (κ1) is 27.4. The lowest BCUT2D eigenvalue weighted by molar-refractivity contribution is -0.137. The molecule has 2 aromatic heterocycles. The molecule has 0 atom stereocenters. The molecule has 0 bridgehead atoms. The van der Waals surface area contributed by atoms with Gasteiger partial charge in [-0.2, -0.15) is 13.2 Å². The Morgan fingerprint density at radius 1 is 0.700 bits per heavy atom. The molecule has 3 aromatic carbocycles. The highest BCUT2D eigenvalue weighted by Crippen LogP contribution is 2.31. The SMILES string of the molecule is FC(F)(F)c1cccc(-c2ncc(CCNCCc3cnc(CCC(c4ccccc4)c4ccccc4)[nH]3)[nH]2)c1. The first-order valence-corrected chi connectivity index (χ1v) is 13.5. The highest BCUT2D eigenvalue weighted by Gasteiger charge is 2.30. The molecule has 0 aliphatic rings. The molecule has 0 saturated carbocycles. The van der Waals surface area contributed by atoms with Gasteiger partial charge in [0.1, 0.15) is 11.6 Å². The largest absolute Gasteiger partial charge is 0.416 e. The van der Waals surface area contributed by atoms with Crippen LogP contribution in [0, 0.1) is 0 Å². The maximum atomic E-state index is 13.0. The lowest BCUT2D eigenvalue weighted by Gasteiger charge is -2.17. The number of rotatable bonds is 12. The molecule has 0 spiro atoms. The van der Waals surface area contributed by atoms with Crippen molar-refractivity contribution in [3.05, 3.63) is 131 Å². The number of nitrogens with one attached hydrogen (secondary N) is 3. The summed E-state index contributed by atoms with van der Waals surface area (Å²) in [6, 6.07) is 26.4.